The van der Waals surface area contributed by atoms with E-state index in [1.165, 1.54) is 0 Å². The van der Waals surface area contributed by atoms with E-state index in [-0.39, 0.29) is 18.6 Å². The van der Waals surface area contributed by atoms with Crippen molar-refractivity contribution in [2.75, 3.05) is 6.54 Å². The van der Waals surface area contributed by atoms with Crippen molar-refractivity contribution in [2.24, 2.45) is 0 Å². The van der Waals surface area contributed by atoms with Crippen LogP contribution in [-0.4, -0.2) is 23.8 Å². The van der Waals surface area contributed by atoms with E-state index in [9.17, 15) is 9.90 Å². The highest BCUT2D eigenvalue weighted by molar-refractivity contribution is 7.08. The summed E-state index contributed by atoms with van der Waals surface area (Å²) < 4.78 is 0. The quantitative estimate of drug-likeness (QED) is 0.791. The number of amides is 2. The Morgan fingerprint density at radius 3 is 2.57 bits per heavy atom. The molecular weight excluding hydrogens is 308 g/mol. The number of halogens is 1. The highest BCUT2D eigenvalue weighted by Gasteiger charge is 2.17. The molecule has 0 saturated carbocycles. The Kier molecular flexibility index (Phi) is 5.61. The highest BCUT2D eigenvalue weighted by atomic mass is 35.5. The number of hydrogen-bond donors (Lipinski definition) is 3. The summed E-state index contributed by atoms with van der Waals surface area (Å²) in [5.74, 6) is 0. The first-order valence-corrected chi connectivity index (χ1v) is 7.88. The van der Waals surface area contributed by atoms with Crippen LogP contribution < -0.4 is 10.6 Å². The van der Waals surface area contributed by atoms with Crippen molar-refractivity contribution >= 4 is 29.0 Å². The molecule has 0 radical (unpaired) electrons. The lowest BCUT2D eigenvalue weighted by molar-refractivity contribution is 0.187. The summed E-state index contributed by atoms with van der Waals surface area (Å²) in [6, 6.07) is 8.78. The molecule has 0 spiro atoms. The second-order valence-corrected chi connectivity index (χ2v) is 5.96. The highest BCUT2D eigenvalue weighted by Crippen LogP contribution is 2.25. The average molecular weight is 325 g/mol. The number of thiophene rings is 1. The van der Waals surface area contributed by atoms with Crippen LogP contribution in [0.4, 0.5) is 4.79 Å². The summed E-state index contributed by atoms with van der Waals surface area (Å²) in [6.07, 6.45) is -0.578. The second-order valence-electron chi connectivity index (χ2n) is 4.74. The lowest BCUT2D eigenvalue weighted by Crippen LogP contribution is -2.41. The molecule has 1 aromatic carbocycles. The van der Waals surface area contributed by atoms with Gasteiger partial charge in [0.1, 0.15) is 0 Å². The molecule has 21 heavy (non-hydrogen) atoms. The van der Waals surface area contributed by atoms with Gasteiger partial charge < -0.3 is 15.7 Å². The van der Waals surface area contributed by atoms with E-state index in [1.54, 1.807) is 30.4 Å². The van der Waals surface area contributed by atoms with Crippen LogP contribution in [0.15, 0.2) is 41.1 Å². The van der Waals surface area contributed by atoms with Gasteiger partial charge in [-0.05, 0) is 47.0 Å². The molecule has 2 atom stereocenters. The van der Waals surface area contributed by atoms with Gasteiger partial charge in [-0.2, -0.15) is 11.3 Å². The van der Waals surface area contributed by atoms with E-state index in [0.717, 1.165) is 11.1 Å². The third-order valence-corrected chi connectivity index (χ3v) is 3.87. The van der Waals surface area contributed by atoms with Crippen molar-refractivity contribution < 1.29 is 9.90 Å². The first-order valence-electron chi connectivity index (χ1n) is 6.56. The van der Waals surface area contributed by atoms with Gasteiger partial charge >= 0.3 is 6.03 Å². The Balaban J connectivity index is 2.14. The summed E-state index contributed by atoms with van der Waals surface area (Å²) in [4.78, 5) is 11.9. The monoisotopic (exact) mass is 324 g/mol. The van der Waals surface area contributed by atoms with E-state index >= 15 is 0 Å². The number of nitrogens with one attached hydrogen (secondary N) is 2. The van der Waals surface area contributed by atoms with Gasteiger partial charge in [0.2, 0.25) is 0 Å². The van der Waals surface area contributed by atoms with E-state index in [4.69, 9.17) is 11.6 Å². The summed E-state index contributed by atoms with van der Waals surface area (Å²) in [5, 5.41) is 19.4. The van der Waals surface area contributed by atoms with Gasteiger partial charge in [-0.25, -0.2) is 4.79 Å². The van der Waals surface area contributed by atoms with Crippen LogP contribution in [0.2, 0.25) is 5.02 Å². The molecule has 2 amide bonds. The van der Waals surface area contributed by atoms with Gasteiger partial charge in [0.15, 0.2) is 0 Å². The van der Waals surface area contributed by atoms with Crippen molar-refractivity contribution in [2.45, 2.75) is 19.1 Å². The zero-order valence-corrected chi connectivity index (χ0v) is 13.1. The SMILES string of the molecule is C[C@@H](O)CNC(=O)N[C@@H](c1ccc(Cl)cc1)c1ccsc1. The molecule has 2 aromatic rings. The predicted molar refractivity (Wildman–Crippen MR) is 85.8 cm³/mol. The van der Waals surface area contributed by atoms with Crippen LogP contribution in [0.1, 0.15) is 24.1 Å². The number of urea groups is 1. The topological polar surface area (TPSA) is 61.4 Å². The summed E-state index contributed by atoms with van der Waals surface area (Å²) in [7, 11) is 0. The van der Waals surface area contributed by atoms with Crippen LogP contribution in [0.25, 0.3) is 0 Å². The number of benzene rings is 1. The minimum atomic E-state index is -0.578. The van der Waals surface area contributed by atoms with E-state index in [2.05, 4.69) is 10.6 Å². The number of aliphatic hydroxyl groups excluding tert-OH is 1. The average Bonchev–Trinajstić information content (AvgIpc) is 2.97. The Labute approximate surface area is 132 Å². The molecule has 6 heteroatoms. The smallest absolute Gasteiger partial charge is 0.315 e. The van der Waals surface area contributed by atoms with E-state index in [1.807, 2.05) is 29.0 Å². The Bertz CT molecular complexity index is 570. The number of carbonyl (C=O) groups excluding carboxylic acids is 1. The fourth-order valence-corrected chi connectivity index (χ4v) is 2.69. The predicted octanol–water partition coefficient (Wildman–Crippen LogP) is 3.17. The maximum atomic E-state index is 11.9. The van der Waals surface area contributed by atoms with Crippen LogP contribution in [0.5, 0.6) is 0 Å². The van der Waals surface area contributed by atoms with E-state index < -0.39 is 6.10 Å². The third-order valence-electron chi connectivity index (χ3n) is 2.91. The molecule has 0 saturated heterocycles. The summed E-state index contributed by atoms with van der Waals surface area (Å²) in [5.41, 5.74) is 1.96. The molecule has 0 aliphatic heterocycles. The van der Waals surface area contributed by atoms with Gasteiger partial charge in [0.05, 0.1) is 12.1 Å². The van der Waals surface area contributed by atoms with Crippen LogP contribution in [0, 0.1) is 0 Å². The fraction of sp³-hybridized carbons (Fsp3) is 0.267. The van der Waals surface area contributed by atoms with Crippen LogP contribution in [-0.2, 0) is 0 Å². The summed E-state index contributed by atoms with van der Waals surface area (Å²) >= 11 is 7.48. The van der Waals surface area contributed by atoms with Gasteiger partial charge in [-0.3, -0.25) is 0 Å². The summed E-state index contributed by atoms with van der Waals surface area (Å²) in [6.45, 7) is 1.83. The van der Waals surface area contributed by atoms with Crippen molar-refractivity contribution in [1.29, 1.82) is 0 Å². The minimum Gasteiger partial charge on any atom is -0.392 e. The molecule has 1 aromatic heterocycles. The normalized spacial score (nSPS) is 13.5. The van der Waals surface area contributed by atoms with Crippen molar-refractivity contribution in [3.8, 4) is 0 Å². The number of hydrogen-bond acceptors (Lipinski definition) is 3. The lowest BCUT2D eigenvalue weighted by Gasteiger charge is -2.19. The van der Waals surface area contributed by atoms with Crippen molar-refractivity contribution in [3.05, 3.63) is 57.2 Å². The molecule has 0 fully saturated rings. The first kappa shape index (κ1) is 15.8. The Morgan fingerprint density at radius 1 is 1.29 bits per heavy atom. The van der Waals surface area contributed by atoms with E-state index in [0.29, 0.717) is 5.02 Å². The van der Waals surface area contributed by atoms with Gasteiger partial charge in [0, 0.05) is 11.6 Å². The maximum Gasteiger partial charge on any atom is 0.315 e. The number of aliphatic hydroxyl groups is 1. The molecule has 0 aliphatic carbocycles. The molecule has 4 nitrogen and oxygen atoms in total. The van der Waals surface area contributed by atoms with Crippen LogP contribution in [0.3, 0.4) is 0 Å². The fourth-order valence-electron chi connectivity index (χ4n) is 1.88. The number of carbonyl (C=O) groups is 1. The molecule has 0 unspecified atom stereocenters. The second kappa shape index (κ2) is 7.45. The molecule has 0 aliphatic rings. The standard InChI is InChI=1S/C15H17ClN2O2S/c1-10(19)8-17-15(20)18-14(12-6-7-21-9-12)11-2-4-13(16)5-3-11/h2-7,9-10,14,19H,8H2,1H3,(H2,17,18,20)/t10-,14+/m1/s1. The van der Waals surface area contributed by atoms with Gasteiger partial charge in [0.25, 0.3) is 0 Å². The van der Waals surface area contributed by atoms with Gasteiger partial charge in [-0.1, -0.05) is 23.7 Å². The molecule has 3 N–H and O–H groups in total. The van der Waals surface area contributed by atoms with Gasteiger partial charge in [-0.15, -0.1) is 0 Å². The first-order chi connectivity index (χ1) is 10.1. The Morgan fingerprint density at radius 2 is 2.00 bits per heavy atom. The zero-order valence-electron chi connectivity index (χ0n) is 11.5. The molecular formula is C15H17ClN2O2S. The maximum absolute atomic E-state index is 11.9. The number of rotatable bonds is 5. The third kappa shape index (κ3) is 4.74. The molecule has 1 heterocycles. The minimum absolute atomic E-state index is 0.211. The lowest BCUT2D eigenvalue weighted by atomic mass is 10.0. The molecule has 0 bridgehead atoms. The van der Waals surface area contributed by atoms with Crippen molar-refractivity contribution in [3.63, 3.8) is 0 Å². The molecule has 112 valence electrons. The zero-order chi connectivity index (χ0) is 15.2. The molecule has 2 rings (SSSR count). The Hall–Kier alpha value is -1.56. The van der Waals surface area contributed by atoms with Crippen LogP contribution >= 0.6 is 22.9 Å². The van der Waals surface area contributed by atoms with Crippen molar-refractivity contribution in [1.82, 2.24) is 10.6 Å². The largest absolute Gasteiger partial charge is 0.392 e.